The van der Waals surface area contributed by atoms with Gasteiger partial charge in [-0.2, -0.15) is 5.10 Å². The Hall–Kier alpha value is -2.35. The summed E-state index contributed by atoms with van der Waals surface area (Å²) >= 11 is 0. The van der Waals surface area contributed by atoms with E-state index >= 15 is 0 Å². The van der Waals surface area contributed by atoms with Crippen LogP contribution in [-0.4, -0.2) is 43.9 Å². The van der Waals surface area contributed by atoms with Crippen LogP contribution in [0.5, 0.6) is 0 Å². The number of amides is 1. The number of ether oxygens (including phenoxy) is 1. The average molecular weight is 483 g/mol. The Bertz CT molecular complexity index is 1010. The number of hydrogen-bond acceptors (Lipinski definition) is 4. The third-order valence-electron chi connectivity index (χ3n) is 7.15. The summed E-state index contributed by atoms with van der Waals surface area (Å²) in [5.74, 6) is 0.138. The van der Waals surface area contributed by atoms with Crippen LogP contribution in [0.4, 0.5) is 9.80 Å². The lowest BCUT2D eigenvalue weighted by atomic mass is 9.95. The van der Waals surface area contributed by atoms with Crippen LogP contribution in [0.25, 0.3) is 0 Å². The van der Waals surface area contributed by atoms with Crippen molar-refractivity contribution in [1.82, 2.24) is 0 Å². The molecule has 34 heavy (non-hydrogen) atoms. The number of hydrazone groups is 1. The van der Waals surface area contributed by atoms with Crippen LogP contribution in [0.15, 0.2) is 59.7 Å². The van der Waals surface area contributed by atoms with Crippen molar-refractivity contribution in [3.63, 3.8) is 0 Å². The second-order valence-electron chi connectivity index (χ2n) is 10.00. The van der Waals surface area contributed by atoms with Crippen molar-refractivity contribution in [2.75, 3.05) is 11.6 Å². The lowest BCUT2D eigenvalue weighted by Gasteiger charge is -2.28. The Morgan fingerprint density at radius 1 is 1.06 bits per heavy atom. The van der Waals surface area contributed by atoms with E-state index in [1.807, 2.05) is 54.6 Å². The minimum Gasteiger partial charge on any atom is -0.396 e. The van der Waals surface area contributed by atoms with E-state index in [9.17, 15) is 14.0 Å². The van der Waals surface area contributed by atoms with Gasteiger partial charge in [0.15, 0.2) is 0 Å². The summed E-state index contributed by atoms with van der Waals surface area (Å²) in [7, 11) is -2.89. The molecule has 4 rings (SSSR count). The summed E-state index contributed by atoms with van der Waals surface area (Å²) in [5.41, 5.74) is 3.78. The minimum atomic E-state index is -2.89. The summed E-state index contributed by atoms with van der Waals surface area (Å²) in [5, 5.41) is 15.5. The highest BCUT2D eigenvalue weighted by atomic mass is 28.4. The number of aryl methyl sites for hydroxylation is 1. The Labute approximate surface area is 202 Å². The van der Waals surface area contributed by atoms with Crippen molar-refractivity contribution in [1.29, 1.82) is 0 Å². The van der Waals surface area contributed by atoms with Crippen molar-refractivity contribution in [3.8, 4) is 0 Å². The van der Waals surface area contributed by atoms with Crippen LogP contribution in [0, 0.1) is 5.92 Å². The molecule has 4 atom stereocenters. The molecule has 1 saturated heterocycles. The van der Waals surface area contributed by atoms with Crippen molar-refractivity contribution in [3.05, 3.63) is 65.7 Å². The van der Waals surface area contributed by atoms with Gasteiger partial charge in [0.1, 0.15) is 0 Å². The molecule has 0 saturated carbocycles. The zero-order valence-corrected chi connectivity index (χ0v) is 21.3. The van der Waals surface area contributed by atoms with Gasteiger partial charge in [-0.3, -0.25) is 4.79 Å². The first-order chi connectivity index (χ1) is 16.3. The van der Waals surface area contributed by atoms with Crippen molar-refractivity contribution in [2.24, 2.45) is 11.0 Å². The molecule has 2 heterocycles. The summed E-state index contributed by atoms with van der Waals surface area (Å²) in [6.07, 6.45) is 3.00. The van der Waals surface area contributed by atoms with Crippen LogP contribution >= 0.6 is 0 Å². The number of aliphatic hydroxyl groups excluding tert-OH is 1. The van der Waals surface area contributed by atoms with Gasteiger partial charge in [0.25, 0.3) is 0 Å². The van der Waals surface area contributed by atoms with E-state index in [0.29, 0.717) is 19.3 Å². The molecule has 2 aliphatic heterocycles. The molecule has 1 amide bonds. The maximum absolute atomic E-state index is 15.0. The van der Waals surface area contributed by atoms with E-state index in [-0.39, 0.29) is 36.2 Å². The molecule has 1 N–H and O–H groups in total. The predicted octanol–water partition coefficient (Wildman–Crippen LogP) is 5.48. The number of carbonyl (C=O) groups is 1. The Kier molecular flexibility index (Phi) is 7.65. The quantitative estimate of drug-likeness (QED) is 0.400. The molecule has 5 nitrogen and oxygen atoms in total. The summed E-state index contributed by atoms with van der Waals surface area (Å²) in [4.78, 5) is 12.5. The molecule has 0 spiro atoms. The molecule has 0 bridgehead atoms. The van der Waals surface area contributed by atoms with Gasteiger partial charge in [-0.25, -0.2) is 5.01 Å². The highest BCUT2D eigenvalue weighted by molar-refractivity contribution is 6.72. The minimum absolute atomic E-state index is 0.000387. The first kappa shape index (κ1) is 24.8. The van der Waals surface area contributed by atoms with Gasteiger partial charge in [-0.05, 0) is 61.5 Å². The molecule has 2 aromatic carbocycles. The van der Waals surface area contributed by atoms with Crippen LogP contribution in [-0.2, 0) is 16.0 Å². The molecule has 0 radical (unpaired) electrons. The van der Waals surface area contributed by atoms with Gasteiger partial charge in [0, 0.05) is 25.0 Å². The van der Waals surface area contributed by atoms with E-state index in [4.69, 9.17) is 4.74 Å². The standard InChI is InChI=1S/C27H35FN2O3Si/c1-19-24(33-25(17-18-31)27(19)34(2,3)28)15-11-20-9-12-22(13-10-20)30-26(32)16-14-23(29-30)21-7-5-4-6-8-21/h4-10,12-13,19,24-25,27,31H,11,14-18H2,1-3H3/t19-,24+,25-,27+/m1/s1. The Morgan fingerprint density at radius 3 is 2.41 bits per heavy atom. The topological polar surface area (TPSA) is 62.1 Å². The number of rotatable bonds is 8. The third kappa shape index (κ3) is 5.48. The first-order valence-electron chi connectivity index (χ1n) is 12.3. The van der Waals surface area contributed by atoms with E-state index in [2.05, 4.69) is 12.0 Å². The maximum Gasteiger partial charge on any atom is 0.247 e. The molecule has 7 heteroatoms. The molecule has 0 aromatic heterocycles. The highest BCUT2D eigenvalue weighted by Gasteiger charge is 2.50. The van der Waals surface area contributed by atoms with Crippen molar-refractivity contribution < 1.29 is 18.7 Å². The zero-order chi connectivity index (χ0) is 24.3. The number of hydrogen-bond donors (Lipinski definition) is 1. The van der Waals surface area contributed by atoms with Gasteiger partial charge in [-0.15, -0.1) is 0 Å². The van der Waals surface area contributed by atoms with Crippen LogP contribution in [0.1, 0.15) is 43.7 Å². The SMILES string of the molecule is C[C@H]1[C@H]([Si](C)(C)F)[C@@H](CCO)O[C@H]1CCc1ccc(N2N=C(c3ccccc3)CCC2=O)cc1. The maximum atomic E-state index is 15.0. The van der Waals surface area contributed by atoms with E-state index in [0.717, 1.165) is 35.4 Å². The van der Waals surface area contributed by atoms with Crippen LogP contribution in [0.2, 0.25) is 18.6 Å². The Morgan fingerprint density at radius 2 is 1.76 bits per heavy atom. The van der Waals surface area contributed by atoms with Gasteiger partial charge in [0.05, 0.1) is 23.6 Å². The fourth-order valence-corrected chi connectivity index (χ4v) is 8.07. The monoisotopic (exact) mass is 482 g/mol. The lowest BCUT2D eigenvalue weighted by molar-refractivity contribution is -0.118. The summed E-state index contributed by atoms with van der Waals surface area (Å²) in [6.45, 7) is 5.61. The molecule has 0 unspecified atom stereocenters. The molecular weight excluding hydrogens is 447 g/mol. The lowest BCUT2D eigenvalue weighted by Crippen LogP contribution is -2.36. The molecule has 0 aliphatic carbocycles. The summed E-state index contributed by atoms with van der Waals surface area (Å²) < 4.78 is 21.2. The Balaban J connectivity index is 1.42. The normalized spacial score (nSPS) is 25.5. The number of nitrogens with zero attached hydrogens (tertiary/aromatic N) is 2. The number of carbonyl (C=O) groups excluding carboxylic acids is 1. The molecule has 2 aliphatic rings. The number of benzene rings is 2. The third-order valence-corrected chi connectivity index (χ3v) is 9.63. The fraction of sp³-hybridized carbons (Fsp3) is 0.481. The van der Waals surface area contributed by atoms with Gasteiger partial charge in [-0.1, -0.05) is 49.4 Å². The van der Waals surface area contributed by atoms with E-state index < -0.39 is 8.41 Å². The molecule has 182 valence electrons. The summed E-state index contributed by atoms with van der Waals surface area (Å²) in [6, 6.07) is 17.9. The molecular formula is C27H35FN2O3Si. The highest BCUT2D eigenvalue weighted by Crippen LogP contribution is 2.46. The predicted molar refractivity (Wildman–Crippen MR) is 136 cm³/mol. The van der Waals surface area contributed by atoms with Crippen molar-refractivity contribution >= 4 is 25.7 Å². The molecule has 1 fully saturated rings. The average Bonchev–Trinajstić information content (AvgIpc) is 3.14. The van der Waals surface area contributed by atoms with Crippen LogP contribution in [0.3, 0.4) is 0 Å². The van der Waals surface area contributed by atoms with Gasteiger partial charge < -0.3 is 14.0 Å². The first-order valence-corrected chi connectivity index (χ1v) is 15.2. The molecule has 2 aromatic rings. The second-order valence-corrected chi connectivity index (χ2v) is 13.8. The van der Waals surface area contributed by atoms with Crippen LogP contribution < -0.4 is 5.01 Å². The van der Waals surface area contributed by atoms with Gasteiger partial charge in [0.2, 0.25) is 14.3 Å². The second kappa shape index (κ2) is 10.5. The van der Waals surface area contributed by atoms with E-state index in [1.54, 1.807) is 13.1 Å². The van der Waals surface area contributed by atoms with Crippen molar-refractivity contribution in [2.45, 2.75) is 69.9 Å². The largest absolute Gasteiger partial charge is 0.396 e. The van der Waals surface area contributed by atoms with Gasteiger partial charge >= 0.3 is 0 Å². The zero-order valence-electron chi connectivity index (χ0n) is 20.3. The smallest absolute Gasteiger partial charge is 0.247 e. The fourth-order valence-electron chi connectivity index (χ4n) is 5.48. The van der Waals surface area contributed by atoms with E-state index in [1.165, 1.54) is 5.01 Å². The number of anilines is 1. The number of halogens is 1. The number of aliphatic hydroxyl groups is 1.